The molecule has 2 aromatic carbocycles. The van der Waals surface area contributed by atoms with Crippen LogP contribution >= 0.6 is 0 Å². The van der Waals surface area contributed by atoms with E-state index in [2.05, 4.69) is 47.4 Å². The molecule has 5 heteroatoms. The number of rotatable bonds is 14. The van der Waals surface area contributed by atoms with Gasteiger partial charge in [-0.3, -0.25) is 9.69 Å². The first-order valence-corrected chi connectivity index (χ1v) is 11.2. The standard InChI is InChI=1S/C27H33NO4/c1-31-18-19-32-17-16-28(15-14-25-12-11-24-4-2-3-5-27(24)25)20-23-8-6-22(7-9-23)10-13-26(30)21-29/h2-10,12-13,29H,11,14-21H2,1H3/b13-10+. The van der Waals surface area contributed by atoms with Crippen molar-refractivity contribution >= 4 is 17.4 Å². The van der Waals surface area contributed by atoms with Crippen molar-refractivity contribution in [3.05, 3.63) is 82.9 Å². The lowest BCUT2D eigenvalue weighted by molar-refractivity contribution is -0.117. The molecular weight excluding hydrogens is 402 g/mol. The third-order valence-corrected chi connectivity index (χ3v) is 5.62. The molecule has 0 saturated carbocycles. The fraction of sp³-hybridized carbons (Fsp3) is 0.370. The normalized spacial score (nSPS) is 13.0. The summed E-state index contributed by atoms with van der Waals surface area (Å²) in [6, 6.07) is 16.8. The largest absolute Gasteiger partial charge is 0.388 e. The number of hydrogen-bond acceptors (Lipinski definition) is 5. The molecule has 0 fully saturated rings. The van der Waals surface area contributed by atoms with Crippen LogP contribution in [-0.4, -0.2) is 62.4 Å². The molecule has 0 unspecified atom stereocenters. The fourth-order valence-corrected chi connectivity index (χ4v) is 3.81. The fourth-order valence-electron chi connectivity index (χ4n) is 3.81. The van der Waals surface area contributed by atoms with Crippen LogP contribution in [0.4, 0.5) is 0 Å². The highest BCUT2D eigenvalue weighted by Crippen LogP contribution is 2.29. The first-order chi connectivity index (χ1) is 15.7. The van der Waals surface area contributed by atoms with Gasteiger partial charge in [-0.1, -0.05) is 60.7 Å². The Bertz CT molecular complexity index is 918. The molecule has 170 valence electrons. The molecule has 0 aliphatic heterocycles. The summed E-state index contributed by atoms with van der Waals surface area (Å²) in [4.78, 5) is 13.7. The minimum absolute atomic E-state index is 0.295. The number of ether oxygens (including phenoxy) is 2. The summed E-state index contributed by atoms with van der Waals surface area (Å²) in [7, 11) is 1.68. The van der Waals surface area contributed by atoms with E-state index in [0.29, 0.717) is 19.8 Å². The molecule has 5 nitrogen and oxygen atoms in total. The third kappa shape index (κ3) is 7.53. The van der Waals surface area contributed by atoms with Crippen molar-refractivity contribution in [1.29, 1.82) is 0 Å². The number of aliphatic hydroxyl groups is 1. The molecule has 0 saturated heterocycles. The molecule has 32 heavy (non-hydrogen) atoms. The molecule has 0 amide bonds. The lowest BCUT2D eigenvalue weighted by Gasteiger charge is -2.23. The van der Waals surface area contributed by atoms with E-state index in [-0.39, 0.29) is 5.78 Å². The van der Waals surface area contributed by atoms with Gasteiger partial charge in [0, 0.05) is 26.7 Å². The SMILES string of the molecule is COCCOCCN(CCC1=CCc2ccccc21)Cc1ccc(/C=C/C(=O)CO)cc1. The van der Waals surface area contributed by atoms with Gasteiger partial charge in [0.2, 0.25) is 0 Å². The molecule has 1 aliphatic rings. The Morgan fingerprint density at radius 2 is 1.88 bits per heavy atom. The average Bonchev–Trinajstić information content (AvgIpc) is 3.24. The van der Waals surface area contributed by atoms with Gasteiger partial charge in [0.05, 0.1) is 19.8 Å². The summed E-state index contributed by atoms with van der Waals surface area (Å²) in [5.74, 6) is -0.295. The highest BCUT2D eigenvalue weighted by molar-refractivity contribution is 5.94. The maximum absolute atomic E-state index is 11.3. The van der Waals surface area contributed by atoms with E-state index < -0.39 is 6.61 Å². The molecule has 0 spiro atoms. The summed E-state index contributed by atoms with van der Waals surface area (Å²) in [5.41, 5.74) is 6.39. The number of ketones is 1. The lowest BCUT2D eigenvalue weighted by Crippen LogP contribution is -2.29. The van der Waals surface area contributed by atoms with Gasteiger partial charge in [-0.2, -0.15) is 0 Å². The smallest absolute Gasteiger partial charge is 0.181 e. The van der Waals surface area contributed by atoms with Crippen LogP contribution in [0.25, 0.3) is 11.6 Å². The van der Waals surface area contributed by atoms with E-state index in [4.69, 9.17) is 14.6 Å². The summed E-state index contributed by atoms with van der Waals surface area (Å²) in [5, 5.41) is 8.83. The van der Waals surface area contributed by atoms with Crippen LogP contribution in [-0.2, 0) is 27.2 Å². The highest BCUT2D eigenvalue weighted by atomic mass is 16.5. The Labute approximate surface area is 191 Å². The number of allylic oxidation sites excluding steroid dienone is 1. The van der Waals surface area contributed by atoms with Gasteiger partial charge in [-0.25, -0.2) is 0 Å². The number of methoxy groups -OCH3 is 1. The Morgan fingerprint density at radius 3 is 2.66 bits per heavy atom. The van der Waals surface area contributed by atoms with E-state index in [9.17, 15) is 4.79 Å². The number of nitrogens with zero attached hydrogens (tertiary/aromatic N) is 1. The number of aliphatic hydroxyl groups excluding tert-OH is 1. The molecular formula is C27H33NO4. The summed E-state index contributed by atoms with van der Waals surface area (Å²) in [6.07, 6.45) is 7.53. The quantitative estimate of drug-likeness (QED) is 0.362. The molecule has 0 aromatic heterocycles. The van der Waals surface area contributed by atoms with Crippen molar-refractivity contribution in [2.24, 2.45) is 0 Å². The van der Waals surface area contributed by atoms with Crippen molar-refractivity contribution in [3.8, 4) is 0 Å². The van der Waals surface area contributed by atoms with Crippen molar-refractivity contribution in [1.82, 2.24) is 4.90 Å². The monoisotopic (exact) mass is 435 g/mol. The number of fused-ring (bicyclic) bond motifs is 1. The van der Waals surface area contributed by atoms with Crippen LogP contribution in [0, 0.1) is 0 Å². The van der Waals surface area contributed by atoms with E-state index >= 15 is 0 Å². The lowest BCUT2D eigenvalue weighted by atomic mass is 10.0. The van der Waals surface area contributed by atoms with Crippen LogP contribution in [0.15, 0.2) is 60.7 Å². The summed E-state index contributed by atoms with van der Waals surface area (Å²) in [6.45, 7) is 4.07. The third-order valence-electron chi connectivity index (χ3n) is 5.62. The highest BCUT2D eigenvalue weighted by Gasteiger charge is 2.15. The van der Waals surface area contributed by atoms with Gasteiger partial charge < -0.3 is 14.6 Å². The van der Waals surface area contributed by atoms with Gasteiger partial charge in [-0.15, -0.1) is 0 Å². The Morgan fingerprint density at radius 1 is 1.06 bits per heavy atom. The van der Waals surface area contributed by atoms with Gasteiger partial charge in [0.15, 0.2) is 5.78 Å². The van der Waals surface area contributed by atoms with E-state index in [0.717, 1.165) is 38.0 Å². The van der Waals surface area contributed by atoms with Gasteiger partial charge in [-0.05, 0) is 46.7 Å². The van der Waals surface area contributed by atoms with Gasteiger partial charge >= 0.3 is 0 Å². The summed E-state index contributed by atoms with van der Waals surface area (Å²) < 4.78 is 10.8. The van der Waals surface area contributed by atoms with Crippen LogP contribution in [0.5, 0.6) is 0 Å². The van der Waals surface area contributed by atoms with E-state index in [1.165, 1.54) is 28.3 Å². The molecule has 0 bridgehead atoms. The minimum Gasteiger partial charge on any atom is -0.388 e. The van der Waals surface area contributed by atoms with Gasteiger partial charge in [0.1, 0.15) is 6.61 Å². The first-order valence-electron chi connectivity index (χ1n) is 11.2. The van der Waals surface area contributed by atoms with E-state index in [1.54, 1.807) is 13.2 Å². The average molecular weight is 436 g/mol. The first kappa shape index (κ1) is 24.1. The molecule has 3 rings (SSSR count). The second-order valence-corrected chi connectivity index (χ2v) is 7.92. The number of carbonyl (C=O) groups is 1. The predicted molar refractivity (Wildman–Crippen MR) is 128 cm³/mol. The van der Waals surface area contributed by atoms with E-state index in [1.807, 2.05) is 12.1 Å². The molecule has 0 atom stereocenters. The van der Waals surface area contributed by atoms with Crippen molar-refractivity contribution in [2.75, 3.05) is 46.6 Å². The topological polar surface area (TPSA) is 59.0 Å². The van der Waals surface area contributed by atoms with Gasteiger partial charge in [0.25, 0.3) is 0 Å². The van der Waals surface area contributed by atoms with Crippen LogP contribution in [0.3, 0.4) is 0 Å². The maximum Gasteiger partial charge on any atom is 0.181 e. The Kier molecular flexibility index (Phi) is 9.85. The Hall–Kier alpha value is -2.57. The predicted octanol–water partition coefficient (Wildman–Crippen LogP) is 3.76. The number of carbonyl (C=O) groups excluding carboxylic acids is 1. The second-order valence-electron chi connectivity index (χ2n) is 7.92. The summed E-state index contributed by atoms with van der Waals surface area (Å²) >= 11 is 0. The van der Waals surface area contributed by atoms with Crippen molar-refractivity contribution in [3.63, 3.8) is 0 Å². The maximum atomic E-state index is 11.3. The molecule has 1 aliphatic carbocycles. The van der Waals surface area contributed by atoms with Crippen LogP contribution < -0.4 is 0 Å². The molecule has 1 N–H and O–H groups in total. The number of benzene rings is 2. The zero-order valence-electron chi connectivity index (χ0n) is 18.8. The molecule has 0 heterocycles. The minimum atomic E-state index is -0.461. The molecule has 2 aromatic rings. The Balaban J connectivity index is 1.58. The zero-order chi connectivity index (χ0) is 22.6. The molecule has 0 radical (unpaired) electrons. The van der Waals surface area contributed by atoms with Crippen LogP contribution in [0.1, 0.15) is 28.7 Å². The number of hydrogen-bond donors (Lipinski definition) is 1. The van der Waals surface area contributed by atoms with Crippen molar-refractivity contribution in [2.45, 2.75) is 19.4 Å². The van der Waals surface area contributed by atoms with Crippen LogP contribution in [0.2, 0.25) is 0 Å². The second kappa shape index (κ2) is 13.1. The van der Waals surface area contributed by atoms with Crippen molar-refractivity contribution < 1.29 is 19.4 Å². The zero-order valence-corrected chi connectivity index (χ0v) is 18.8.